The van der Waals surface area contributed by atoms with Crippen molar-refractivity contribution in [1.29, 1.82) is 0 Å². The quantitative estimate of drug-likeness (QED) is 0.191. The van der Waals surface area contributed by atoms with E-state index >= 15 is 0 Å². The smallest absolute Gasteiger partial charge is 0.300 e. The maximum absolute atomic E-state index is 13.5. The molecule has 5 aromatic rings. The van der Waals surface area contributed by atoms with Gasteiger partial charge >= 0.3 is 0 Å². The molecule has 57 heavy (non-hydrogen) atoms. The fourth-order valence-electron chi connectivity index (χ4n) is 7.67. The number of amides is 5. The number of anilines is 3. The first kappa shape index (κ1) is 36.6. The number of benzene rings is 1. The normalized spacial score (nSPS) is 20.2. The van der Waals surface area contributed by atoms with Crippen LogP contribution >= 0.6 is 15.9 Å². The van der Waals surface area contributed by atoms with Crippen LogP contribution in [0.15, 0.2) is 56.1 Å². The zero-order valence-electron chi connectivity index (χ0n) is 30.5. The van der Waals surface area contributed by atoms with Gasteiger partial charge in [-0.3, -0.25) is 44.1 Å². The largest absolute Gasteiger partial charge is 0.444 e. The number of carbonyl (C=O) groups is 5. The Balaban J connectivity index is 0.892. The number of β-amino-alcohol motifs (C(OH)–C–C–N with tert-alkyl or cyclic N) is 1. The van der Waals surface area contributed by atoms with Crippen molar-refractivity contribution in [2.24, 2.45) is 0 Å². The first-order chi connectivity index (χ1) is 27.5. The number of nitrogens with one attached hydrogen (secondary N) is 2. The van der Waals surface area contributed by atoms with Crippen molar-refractivity contribution in [2.45, 2.75) is 44.9 Å². The number of hydrogen-bond acceptors (Lipinski definition) is 15. The van der Waals surface area contributed by atoms with E-state index in [1.54, 1.807) is 24.4 Å². The fraction of sp³-hybridized carbons (Fsp3) is 0.342. The summed E-state index contributed by atoms with van der Waals surface area (Å²) in [5, 5.41) is 15.4. The molecule has 8 heterocycles. The number of aliphatic hydroxyl groups excluding tert-OH is 1. The molecule has 0 aliphatic carbocycles. The third kappa shape index (κ3) is 6.91. The summed E-state index contributed by atoms with van der Waals surface area (Å²) in [5.74, 6) is -1.98. The van der Waals surface area contributed by atoms with E-state index in [0.29, 0.717) is 91.0 Å². The Morgan fingerprint density at radius 3 is 2.58 bits per heavy atom. The number of rotatable bonds is 8. The van der Waals surface area contributed by atoms with Crippen LogP contribution in [-0.4, -0.2) is 116 Å². The first-order valence-electron chi connectivity index (χ1n) is 18.4. The van der Waals surface area contributed by atoms with E-state index < -0.39 is 41.7 Å². The standard InChI is InChI=1S/C38H35BrN10O8/c1-19-12-21(4-6-40-19)35-42-26(18-56-35)33(52)41-25-15-28-31(44-32(25)48-7-5-22(50)17-48)45-38(57-28)47-10-8-46(9-11-47)16-20-13-23-30(24(39)14-20)37(55)49(36(23)54)27-2-3-29(51)43-34(27)53/h4,6,12-15,18,22,27,50H,2-3,5,7-11,16-17H2,1H3,(H,41,52)(H,43,51,53)/t22-,27?/m1/s1. The second-order valence-electron chi connectivity index (χ2n) is 14.5. The summed E-state index contributed by atoms with van der Waals surface area (Å²) in [6.45, 7) is 5.63. The lowest BCUT2D eigenvalue weighted by Gasteiger charge is -2.33. The third-order valence-corrected chi connectivity index (χ3v) is 11.2. The molecule has 0 radical (unpaired) electrons. The SMILES string of the molecule is Cc1cc(-c2nc(C(=O)Nc3cc4oc(N5CCN(Cc6cc(Br)c7c(c6)C(=O)N(C6CCC(=O)NC6=O)C7=O)CC5)nc4nc3N3CC[C@@H](O)C3)co2)ccn1. The van der Waals surface area contributed by atoms with Crippen LogP contribution < -0.4 is 20.4 Å². The summed E-state index contributed by atoms with van der Waals surface area (Å²) < 4.78 is 12.3. The van der Waals surface area contributed by atoms with Crippen LogP contribution in [0.4, 0.5) is 17.5 Å². The Kier molecular flexibility index (Phi) is 9.29. The van der Waals surface area contributed by atoms with Gasteiger partial charge in [0.05, 0.1) is 22.9 Å². The van der Waals surface area contributed by atoms with Crippen LogP contribution in [0.5, 0.6) is 0 Å². The van der Waals surface area contributed by atoms with E-state index in [-0.39, 0.29) is 35.6 Å². The number of imide groups is 2. The maximum Gasteiger partial charge on any atom is 0.300 e. The molecule has 0 saturated carbocycles. The molecule has 3 fully saturated rings. The second-order valence-corrected chi connectivity index (χ2v) is 15.3. The zero-order chi connectivity index (χ0) is 39.5. The van der Waals surface area contributed by atoms with Gasteiger partial charge in [0.2, 0.25) is 23.4 Å². The number of pyridine rings is 2. The number of nitrogens with zero attached hydrogens (tertiary/aromatic N) is 8. The number of hydrogen-bond donors (Lipinski definition) is 3. The summed E-state index contributed by atoms with van der Waals surface area (Å²) in [4.78, 5) is 89.5. The highest BCUT2D eigenvalue weighted by Crippen LogP contribution is 2.36. The van der Waals surface area contributed by atoms with Crippen molar-refractivity contribution in [3.05, 3.63) is 75.3 Å². The number of aromatic nitrogens is 4. The van der Waals surface area contributed by atoms with Gasteiger partial charge in [-0.2, -0.15) is 4.98 Å². The highest BCUT2D eigenvalue weighted by molar-refractivity contribution is 9.10. The van der Waals surface area contributed by atoms with Gasteiger partial charge in [-0.25, -0.2) is 9.97 Å². The van der Waals surface area contributed by atoms with E-state index in [1.807, 2.05) is 28.9 Å². The summed E-state index contributed by atoms with van der Waals surface area (Å²) >= 11 is 3.48. The summed E-state index contributed by atoms with van der Waals surface area (Å²) in [6.07, 6.45) is 3.08. The lowest BCUT2D eigenvalue weighted by Crippen LogP contribution is -2.54. The van der Waals surface area contributed by atoms with Gasteiger partial charge in [0.15, 0.2) is 17.1 Å². The lowest BCUT2D eigenvalue weighted by molar-refractivity contribution is -0.136. The molecule has 18 nitrogen and oxygen atoms in total. The summed E-state index contributed by atoms with van der Waals surface area (Å²) in [7, 11) is 0. The molecule has 0 bridgehead atoms. The van der Waals surface area contributed by atoms with Gasteiger partial charge in [-0.15, -0.1) is 0 Å². The molecule has 292 valence electrons. The van der Waals surface area contributed by atoms with Crippen LogP contribution in [0.25, 0.3) is 22.7 Å². The number of piperidine rings is 1. The van der Waals surface area contributed by atoms with E-state index in [4.69, 9.17) is 18.8 Å². The molecule has 1 aromatic carbocycles. The minimum Gasteiger partial charge on any atom is -0.444 e. The molecule has 9 rings (SSSR count). The number of halogens is 1. The van der Waals surface area contributed by atoms with E-state index in [0.717, 1.165) is 16.2 Å². The van der Waals surface area contributed by atoms with Crippen molar-refractivity contribution in [3.63, 3.8) is 0 Å². The lowest BCUT2D eigenvalue weighted by atomic mass is 10.0. The number of fused-ring (bicyclic) bond motifs is 2. The van der Waals surface area contributed by atoms with Crippen molar-refractivity contribution < 1.29 is 37.9 Å². The van der Waals surface area contributed by atoms with Gasteiger partial charge in [-0.05, 0) is 65.5 Å². The van der Waals surface area contributed by atoms with E-state index in [1.165, 1.54) is 6.26 Å². The van der Waals surface area contributed by atoms with Crippen molar-refractivity contribution in [1.82, 2.24) is 35.1 Å². The molecule has 4 aromatic heterocycles. The number of piperazine rings is 1. The number of carbonyl (C=O) groups excluding carboxylic acids is 5. The van der Waals surface area contributed by atoms with Crippen LogP contribution in [0.1, 0.15) is 61.7 Å². The molecular formula is C38H35BrN10O8. The van der Waals surface area contributed by atoms with Gasteiger partial charge in [0, 0.05) is 80.2 Å². The van der Waals surface area contributed by atoms with Crippen LogP contribution in [0.2, 0.25) is 0 Å². The zero-order valence-corrected chi connectivity index (χ0v) is 32.1. The van der Waals surface area contributed by atoms with Crippen LogP contribution in [0, 0.1) is 6.92 Å². The Morgan fingerprint density at radius 1 is 1.00 bits per heavy atom. The summed E-state index contributed by atoms with van der Waals surface area (Å²) in [5.41, 5.74) is 3.89. The number of aliphatic hydroxyl groups is 1. The van der Waals surface area contributed by atoms with Crippen LogP contribution in [-0.2, 0) is 16.1 Å². The Bertz CT molecular complexity index is 2490. The monoisotopic (exact) mass is 838 g/mol. The predicted molar refractivity (Wildman–Crippen MR) is 205 cm³/mol. The Hall–Kier alpha value is -6.05. The minimum atomic E-state index is -1.04. The Morgan fingerprint density at radius 2 is 1.82 bits per heavy atom. The molecule has 5 amide bonds. The molecule has 1 unspecified atom stereocenters. The van der Waals surface area contributed by atoms with Crippen molar-refractivity contribution >= 4 is 74.2 Å². The third-order valence-electron chi connectivity index (χ3n) is 10.5. The highest BCUT2D eigenvalue weighted by atomic mass is 79.9. The van der Waals surface area contributed by atoms with Crippen molar-refractivity contribution in [3.8, 4) is 11.5 Å². The highest BCUT2D eigenvalue weighted by Gasteiger charge is 2.45. The minimum absolute atomic E-state index is 0.0475. The average Bonchev–Trinajstić information content (AvgIpc) is 3.99. The second kappa shape index (κ2) is 14.5. The van der Waals surface area contributed by atoms with Gasteiger partial charge in [-0.1, -0.05) is 0 Å². The topological polar surface area (TPSA) is 220 Å². The molecular weight excluding hydrogens is 804 g/mol. The van der Waals surface area contributed by atoms with Crippen molar-refractivity contribution in [2.75, 3.05) is 54.4 Å². The first-order valence-corrected chi connectivity index (χ1v) is 19.2. The van der Waals surface area contributed by atoms with Gasteiger partial charge < -0.3 is 29.1 Å². The fourth-order valence-corrected chi connectivity index (χ4v) is 8.35. The van der Waals surface area contributed by atoms with Crippen LogP contribution in [0.3, 0.4) is 0 Å². The van der Waals surface area contributed by atoms with E-state index in [9.17, 15) is 29.1 Å². The summed E-state index contributed by atoms with van der Waals surface area (Å²) in [6, 6.07) is 8.08. The molecule has 3 saturated heterocycles. The van der Waals surface area contributed by atoms with Gasteiger partial charge in [0.25, 0.3) is 23.7 Å². The molecule has 4 aliphatic heterocycles. The number of aryl methyl sites for hydroxylation is 1. The predicted octanol–water partition coefficient (Wildman–Crippen LogP) is 2.89. The molecule has 4 aliphatic rings. The maximum atomic E-state index is 13.5. The average molecular weight is 840 g/mol. The van der Waals surface area contributed by atoms with E-state index in [2.05, 4.69) is 41.4 Å². The molecule has 19 heteroatoms. The molecule has 0 spiro atoms. The van der Waals surface area contributed by atoms with Gasteiger partial charge in [0.1, 0.15) is 12.3 Å². The number of oxazole rings is 2. The molecule has 2 atom stereocenters. The molecule has 3 N–H and O–H groups in total. The Labute approximate surface area is 332 Å².